The summed E-state index contributed by atoms with van der Waals surface area (Å²) in [5, 5.41) is 4.93. The first-order chi connectivity index (χ1) is 31.8. The molecule has 3 nitrogen and oxygen atoms in total. The average molecular weight is 836 g/mol. The molecule has 2 heterocycles. The third kappa shape index (κ3) is 6.51. The van der Waals surface area contributed by atoms with E-state index in [1.165, 1.54) is 42.1 Å². The second-order valence-corrected chi connectivity index (χ2v) is 17.2. The molecule has 0 unspecified atom stereocenters. The topological polar surface area (TPSA) is 11.4 Å². The van der Waals surface area contributed by atoms with Crippen molar-refractivity contribution in [2.45, 2.75) is 0 Å². The highest BCUT2D eigenvalue weighted by Crippen LogP contribution is 2.50. The first-order valence-electron chi connectivity index (χ1n) is 21.8. The van der Waals surface area contributed by atoms with Gasteiger partial charge in [0.1, 0.15) is 0 Å². The lowest BCUT2D eigenvalue weighted by molar-refractivity contribution is 1.17. The molecule has 12 rings (SSSR count). The number of anilines is 6. The summed E-state index contributed by atoms with van der Waals surface area (Å²) in [5.41, 5.74) is 14.5. The fourth-order valence-corrected chi connectivity index (χ4v) is 10.6. The summed E-state index contributed by atoms with van der Waals surface area (Å²) in [6, 6.07) is 90.3. The van der Waals surface area contributed by atoms with Gasteiger partial charge in [-0.1, -0.05) is 164 Å². The van der Waals surface area contributed by atoms with Crippen LogP contribution < -0.4 is 9.80 Å². The van der Waals surface area contributed by atoms with E-state index in [-0.39, 0.29) is 0 Å². The van der Waals surface area contributed by atoms with E-state index < -0.39 is 0 Å². The van der Waals surface area contributed by atoms with Gasteiger partial charge >= 0.3 is 0 Å². The van der Waals surface area contributed by atoms with Crippen molar-refractivity contribution < 1.29 is 0 Å². The minimum atomic E-state index is 1.05. The summed E-state index contributed by atoms with van der Waals surface area (Å²) in [5.74, 6) is 0. The Morgan fingerprint density at radius 3 is 1.58 bits per heavy atom. The molecule has 0 N–H and O–H groups in total. The molecule has 12 aromatic rings. The molecule has 0 fully saturated rings. The molecule has 0 saturated carbocycles. The lowest BCUT2D eigenvalue weighted by atomic mass is 9.96. The van der Waals surface area contributed by atoms with Crippen molar-refractivity contribution in [3.8, 4) is 27.9 Å². The molecule has 0 atom stereocenters. The number of nitrogens with zero attached hydrogens (tertiary/aromatic N) is 3. The first kappa shape index (κ1) is 37.6. The van der Waals surface area contributed by atoms with Crippen LogP contribution in [0.5, 0.6) is 0 Å². The molecule has 10 aromatic carbocycles. The molecule has 0 amide bonds. The number of hydrogen-bond acceptors (Lipinski definition) is 3. The van der Waals surface area contributed by atoms with Gasteiger partial charge in [0.2, 0.25) is 0 Å². The monoisotopic (exact) mass is 835 g/mol. The van der Waals surface area contributed by atoms with Crippen LogP contribution in [0.2, 0.25) is 0 Å². The largest absolute Gasteiger partial charge is 0.310 e. The Balaban J connectivity index is 1.22. The number of fused-ring (bicyclic) bond motifs is 6. The summed E-state index contributed by atoms with van der Waals surface area (Å²) in [6.07, 6.45) is 0. The molecule has 302 valence electrons. The van der Waals surface area contributed by atoms with Crippen LogP contribution in [0, 0.1) is 0 Å². The van der Waals surface area contributed by atoms with Crippen LogP contribution in [0.1, 0.15) is 0 Å². The van der Waals surface area contributed by atoms with Crippen molar-refractivity contribution in [2.24, 2.45) is 0 Å². The van der Waals surface area contributed by atoms with E-state index in [0.717, 1.165) is 62.0 Å². The van der Waals surface area contributed by atoms with Gasteiger partial charge in [-0.15, -0.1) is 11.3 Å². The zero-order valence-electron chi connectivity index (χ0n) is 34.9. The Hall–Kier alpha value is -8.18. The SMILES string of the molecule is c1ccc(-c2ccc(N(c3ccc4c(c3)sc3ccccc34)c3cc(N(c4ccccc4)c4ccccc4)c4c5ccccc5n(-c5ccccc5)c4c3)c(-c3ccccc3)c2)cc1. The Kier molecular flexibility index (Phi) is 9.36. The van der Waals surface area contributed by atoms with Crippen molar-refractivity contribution in [1.82, 2.24) is 4.57 Å². The summed E-state index contributed by atoms with van der Waals surface area (Å²) in [6.45, 7) is 0. The third-order valence-corrected chi connectivity index (χ3v) is 13.5. The van der Waals surface area contributed by atoms with E-state index >= 15 is 0 Å². The standard InChI is InChI=1S/C60H41N3S/c1-6-20-42(21-7-1)44-34-37-55(53(38-44)43-22-8-2-9-23-43)62(48-35-36-51-50-30-17-19-33-58(50)64-59(51)41-48)49-39-56(61(45-24-10-3-11-25-45)46-26-12-4-13-27-46)60-52-31-16-18-32-54(52)63(57(60)40-49)47-28-14-5-15-29-47/h1-41H. The fraction of sp³-hybridized carbons (Fsp3) is 0. The lowest BCUT2D eigenvalue weighted by Crippen LogP contribution is -2.14. The molecular weight excluding hydrogens is 795 g/mol. The van der Waals surface area contributed by atoms with E-state index in [2.05, 4.69) is 263 Å². The molecular formula is C60H41N3S. The van der Waals surface area contributed by atoms with E-state index in [1.54, 1.807) is 0 Å². The molecule has 0 spiro atoms. The van der Waals surface area contributed by atoms with Gasteiger partial charge in [0.15, 0.2) is 0 Å². The molecule has 0 aliphatic rings. The highest BCUT2D eigenvalue weighted by atomic mass is 32.1. The quantitative estimate of drug-likeness (QED) is 0.143. The fourth-order valence-electron chi connectivity index (χ4n) is 9.47. The summed E-state index contributed by atoms with van der Waals surface area (Å²) in [7, 11) is 0. The van der Waals surface area contributed by atoms with E-state index in [4.69, 9.17) is 0 Å². The van der Waals surface area contributed by atoms with Gasteiger partial charge in [-0.25, -0.2) is 0 Å². The second kappa shape index (κ2) is 15.9. The van der Waals surface area contributed by atoms with Gasteiger partial charge in [-0.05, 0) is 102 Å². The van der Waals surface area contributed by atoms with Crippen LogP contribution in [-0.4, -0.2) is 4.57 Å². The Morgan fingerprint density at radius 1 is 0.312 bits per heavy atom. The smallest absolute Gasteiger partial charge is 0.0583 e. The molecule has 0 bridgehead atoms. The van der Waals surface area contributed by atoms with Gasteiger partial charge in [0, 0.05) is 59.3 Å². The third-order valence-electron chi connectivity index (χ3n) is 12.3. The summed E-state index contributed by atoms with van der Waals surface area (Å²) >= 11 is 1.85. The molecule has 0 saturated heterocycles. The van der Waals surface area contributed by atoms with Crippen LogP contribution in [-0.2, 0) is 0 Å². The second-order valence-electron chi connectivity index (χ2n) is 16.1. The average Bonchev–Trinajstić information content (AvgIpc) is 3.91. The zero-order valence-corrected chi connectivity index (χ0v) is 35.7. The first-order valence-corrected chi connectivity index (χ1v) is 22.6. The lowest BCUT2D eigenvalue weighted by Gasteiger charge is -2.31. The normalized spacial score (nSPS) is 11.4. The highest BCUT2D eigenvalue weighted by Gasteiger charge is 2.26. The number of thiophene rings is 1. The van der Waals surface area contributed by atoms with Crippen LogP contribution in [0.3, 0.4) is 0 Å². The molecule has 4 heteroatoms. The van der Waals surface area contributed by atoms with Gasteiger partial charge in [0.25, 0.3) is 0 Å². The van der Waals surface area contributed by atoms with Gasteiger partial charge in [-0.3, -0.25) is 0 Å². The van der Waals surface area contributed by atoms with Gasteiger partial charge < -0.3 is 14.4 Å². The predicted molar refractivity (Wildman–Crippen MR) is 274 cm³/mol. The van der Waals surface area contributed by atoms with Crippen molar-refractivity contribution in [1.29, 1.82) is 0 Å². The molecule has 2 aromatic heterocycles. The maximum Gasteiger partial charge on any atom is 0.0583 e. The highest BCUT2D eigenvalue weighted by molar-refractivity contribution is 7.25. The minimum Gasteiger partial charge on any atom is -0.310 e. The number of para-hydroxylation sites is 4. The van der Waals surface area contributed by atoms with Crippen LogP contribution in [0.15, 0.2) is 249 Å². The van der Waals surface area contributed by atoms with E-state index in [0.29, 0.717) is 0 Å². The summed E-state index contributed by atoms with van der Waals surface area (Å²) < 4.78 is 4.98. The van der Waals surface area contributed by atoms with Crippen LogP contribution >= 0.6 is 11.3 Å². The Morgan fingerprint density at radius 2 is 0.875 bits per heavy atom. The number of hydrogen-bond donors (Lipinski definition) is 0. The zero-order chi connectivity index (χ0) is 42.4. The van der Waals surface area contributed by atoms with Crippen LogP contribution in [0.25, 0.3) is 69.9 Å². The predicted octanol–water partition coefficient (Wildman–Crippen LogP) is 17.4. The Bertz CT molecular complexity index is 3560. The van der Waals surface area contributed by atoms with Crippen LogP contribution in [0.4, 0.5) is 34.1 Å². The molecule has 0 radical (unpaired) electrons. The van der Waals surface area contributed by atoms with Gasteiger partial charge in [-0.2, -0.15) is 0 Å². The minimum absolute atomic E-state index is 1.05. The van der Waals surface area contributed by atoms with Crippen molar-refractivity contribution in [2.75, 3.05) is 9.80 Å². The van der Waals surface area contributed by atoms with E-state index in [1.807, 2.05) is 11.3 Å². The van der Waals surface area contributed by atoms with E-state index in [9.17, 15) is 0 Å². The number of benzene rings is 10. The molecule has 64 heavy (non-hydrogen) atoms. The van der Waals surface area contributed by atoms with Crippen molar-refractivity contribution in [3.63, 3.8) is 0 Å². The Labute approximate surface area is 376 Å². The van der Waals surface area contributed by atoms with Gasteiger partial charge in [0.05, 0.1) is 28.1 Å². The molecule has 0 aliphatic heterocycles. The maximum absolute atomic E-state index is 2.49. The summed E-state index contributed by atoms with van der Waals surface area (Å²) in [4.78, 5) is 4.92. The van der Waals surface area contributed by atoms with Crippen molar-refractivity contribution >= 4 is 87.4 Å². The van der Waals surface area contributed by atoms with Crippen molar-refractivity contribution in [3.05, 3.63) is 249 Å². The number of rotatable bonds is 9. The number of aromatic nitrogens is 1. The molecule has 0 aliphatic carbocycles. The maximum atomic E-state index is 2.49.